The van der Waals surface area contributed by atoms with Gasteiger partial charge in [0, 0.05) is 25.2 Å². The van der Waals surface area contributed by atoms with Gasteiger partial charge in [-0.05, 0) is 13.3 Å². The van der Waals surface area contributed by atoms with Crippen LogP contribution in [-0.4, -0.2) is 73.0 Å². The molecule has 1 N–H and O–H groups in total. The molecule has 3 heterocycles. The first kappa shape index (κ1) is 16.1. The fraction of sp³-hybridized carbons (Fsp3) is 0.643. The Bertz CT molecular complexity index is 701. The topological polar surface area (TPSA) is 101 Å². The molecule has 1 amide bonds. The second-order valence-corrected chi connectivity index (χ2v) is 8.06. The van der Waals surface area contributed by atoms with E-state index in [1.54, 1.807) is 17.9 Å². The highest BCUT2D eigenvalue weighted by molar-refractivity contribution is 7.91. The standard InChI is InChI=1S/C14H20N4O4S/c1-10-15-12(14(19)18-3-5-22-6-4-18)8-13(16-10)17-11-2-7-23(20,21)9-11/h8,11H,2-7,9H2,1H3,(H,15,16,17). The van der Waals surface area contributed by atoms with Crippen LogP contribution < -0.4 is 5.32 Å². The third-order valence-electron chi connectivity index (χ3n) is 3.94. The van der Waals surface area contributed by atoms with Crippen LogP contribution in [-0.2, 0) is 14.6 Å². The van der Waals surface area contributed by atoms with Crippen LogP contribution in [0.2, 0.25) is 0 Å². The van der Waals surface area contributed by atoms with Crippen LogP contribution in [0.25, 0.3) is 0 Å². The number of nitrogens with zero attached hydrogens (tertiary/aromatic N) is 3. The number of aromatic nitrogens is 2. The number of carbonyl (C=O) groups is 1. The summed E-state index contributed by atoms with van der Waals surface area (Å²) in [7, 11) is -2.96. The molecule has 0 radical (unpaired) electrons. The predicted molar refractivity (Wildman–Crippen MR) is 84.2 cm³/mol. The van der Waals surface area contributed by atoms with Crippen LogP contribution in [0, 0.1) is 6.92 Å². The Morgan fingerprint density at radius 2 is 2.09 bits per heavy atom. The molecule has 0 saturated carbocycles. The lowest BCUT2D eigenvalue weighted by Gasteiger charge is -2.26. The first-order valence-electron chi connectivity index (χ1n) is 7.63. The number of sulfone groups is 1. The van der Waals surface area contributed by atoms with Gasteiger partial charge in [0.05, 0.1) is 24.7 Å². The minimum absolute atomic E-state index is 0.1000. The van der Waals surface area contributed by atoms with Gasteiger partial charge in [-0.2, -0.15) is 0 Å². The van der Waals surface area contributed by atoms with E-state index in [4.69, 9.17) is 4.74 Å². The van der Waals surface area contributed by atoms with E-state index >= 15 is 0 Å². The normalized spacial score (nSPS) is 23.7. The van der Waals surface area contributed by atoms with E-state index in [9.17, 15) is 13.2 Å². The fourth-order valence-electron chi connectivity index (χ4n) is 2.80. The van der Waals surface area contributed by atoms with Crippen molar-refractivity contribution in [2.24, 2.45) is 0 Å². The first-order valence-corrected chi connectivity index (χ1v) is 9.45. The third-order valence-corrected chi connectivity index (χ3v) is 5.71. The number of hydrogen-bond acceptors (Lipinski definition) is 7. The zero-order chi connectivity index (χ0) is 16.4. The van der Waals surface area contributed by atoms with Crippen LogP contribution >= 0.6 is 0 Å². The number of anilines is 1. The highest BCUT2D eigenvalue weighted by atomic mass is 32.2. The Morgan fingerprint density at radius 3 is 2.74 bits per heavy atom. The zero-order valence-electron chi connectivity index (χ0n) is 13.0. The molecular weight excluding hydrogens is 320 g/mol. The van der Waals surface area contributed by atoms with Crippen molar-refractivity contribution in [1.29, 1.82) is 0 Å². The van der Waals surface area contributed by atoms with Crippen molar-refractivity contribution in [2.75, 3.05) is 43.1 Å². The summed E-state index contributed by atoms with van der Waals surface area (Å²) < 4.78 is 28.3. The molecule has 23 heavy (non-hydrogen) atoms. The molecule has 2 saturated heterocycles. The maximum atomic E-state index is 12.5. The summed E-state index contributed by atoms with van der Waals surface area (Å²) >= 11 is 0. The van der Waals surface area contributed by atoms with Crippen molar-refractivity contribution >= 4 is 21.6 Å². The molecule has 0 aliphatic carbocycles. The second kappa shape index (κ2) is 6.40. The smallest absolute Gasteiger partial charge is 0.272 e. The van der Waals surface area contributed by atoms with Crippen LogP contribution in [0.4, 0.5) is 5.82 Å². The minimum atomic E-state index is -2.96. The Labute approximate surface area is 135 Å². The Hall–Kier alpha value is -1.74. The molecule has 1 aromatic rings. The van der Waals surface area contributed by atoms with E-state index in [1.807, 2.05) is 0 Å². The van der Waals surface area contributed by atoms with Gasteiger partial charge in [-0.25, -0.2) is 18.4 Å². The maximum Gasteiger partial charge on any atom is 0.272 e. The van der Waals surface area contributed by atoms with Crippen molar-refractivity contribution in [1.82, 2.24) is 14.9 Å². The molecule has 1 atom stereocenters. The SMILES string of the molecule is Cc1nc(NC2CCS(=O)(=O)C2)cc(C(=O)N2CCOCC2)n1. The minimum Gasteiger partial charge on any atom is -0.378 e. The highest BCUT2D eigenvalue weighted by Gasteiger charge is 2.28. The van der Waals surface area contributed by atoms with Crippen LogP contribution in [0.1, 0.15) is 22.7 Å². The summed E-state index contributed by atoms with van der Waals surface area (Å²) in [5.41, 5.74) is 0.322. The van der Waals surface area contributed by atoms with Gasteiger partial charge in [-0.3, -0.25) is 4.79 Å². The van der Waals surface area contributed by atoms with Gasteiger partial charge in [0.15, 0.2) is 9.84 Å². The molecule has 9 heteroatoms. The molecule has 2 aliphatic heterocycles. The quantitative estimate of drug-likeness (QED) is 0.817. The fourth-order valence-corrected chi connectivity index (χ4v) is 4.47. The summed E-state index contributed by atoms with van der Waals surface area (Å²) in [4.78, 5) is 22.7. The van der Waals surface area contributed by atoms with E-state index in [0.29, 0.717) is 50.1 Å². The van der Waals surface area contributed by atoms with Gasteiger partial charge in [-0.15, -0.1) is 0 Å². The third kappa shape index (κ3) is 3.97. The molecule has 8 nitrogen and oxygen atoms in total. The lowest BCUT2D eigenvalue weighted by atomic mass is 10.2. The van der Waals surface area contributed by atoms with Crippen LogP contribution in [0.3, 0.4) is 0 Å². The number of nitrogens with one attached hydrogen (secondary N) is 1. The first-order chi connectivity index (χ1) is 10.9. The van der Waals surface area contributed by atoms with E-state index < -0.39 is 9.84 Å². The number of morpholine rings is 1. The second-order valence-electron chi connectivity index (χ2n) is 5.83. The van der Waals surface area contributed by atoms with Crippen molar-refractivity contribution < 1.29 is 17.9 Å². The van der Waals surface area contributed by atoms with Crippen molar-refractivity contribution in [3.63, 3.8) is 0 Å². The van der Waals surface area contributed by atoms with Gasteiger partial charge in [0.2, 0.25) is 0 Å². The monoisotopic (exact) mass is 340 g/mol. The van der Waals surface area contributed by atoms with Crippen molar-refractivity contribution in [3.05, 3.63) is 17.6 Å². The summed E-state index contributed by atoms with van der Waals surface area (Å²) in [6.07, 6.45) is 0.554. The highest BCUT2D eigenvalue weighted by Crippen LogP contribution is 2.17. The Morgan fingerprint density at radius 1 is 1.35 bits per heavy atom. The summed E-state index contributed by atoms with van der Waals surface area (Å²) in [6.45, 7) is 3.87. The van der Waals surface area contributed by atoms with E-state index in [0.717, 1.165) is 0 Å². The summed E-state index contributed by atoms with van der Waals surface area (Å²) in [6, 6.07) is 1.43. The number of amides is 1. The van der Waals surface area contributed by atoms with E-state index in [1.165, 1.54) is 0 Å². The average Bonchev–Trinajstić information content (AvgIpc) is 2.85. The molecule has 2 fully saturated rings. The van der Waals surface area contributed by atoms with E-state index in [2.05, 4.69) is 15.3 Å². The molecule has 1 unspecified atom stereocenters. The van der Waals surface area contributed by atoms with Crippen LogP contribution in [0.5, 0.6) is 0 Å². The lowest BCUT2D eigenvalue weighted by Crippen LogP contribution is -2.41. The molecule has 3 rings (SSSR count). The zero-order valence-corrected chi connectivity index (χ0v) is 13.8. The molecule has 0 aromatic carbocycles. The van der Waals surface area contributed by atoms with Gasteiger partial charge in [0.1, 0.15) is 17.3 Å². The number of rotatable bonds is 3. The lowest BCUT2D eigenvalue weighted by molar-refractivity contribution is 0.0299. The van der Waals surface area contributed by atoms with Gasteiger partial charge < -0.3 is 15.0 Å². The Kier molecular flexibility index (Phi) is 4.49. The number of ether oxygens (including phenoxy) is 1. The van der Waals surface area contributed by atoms with E-state index in [-0.39, 0.29) is 23.5 Å². The molecule has 0 bridgehead atoms. The van der Waals surface area contributed by atoms with Crippen LogP contribution in [0.15, 0.2) is 6.07 Å². The number of aryl methyl sites for hydroxylation is 1. The number of hydrogen-bond donors (Lipinski definition) is 1. The van der Waals surface area contributed by atoms with Gasteiger partial charge >= 0.3 is 0 Å². The summed E-state index contributed by atoms with van der Waals surface area (Å²) in [5, 5.41) is 3.11. The molecular formula is C14H20N4O4S. The largest absolute Gasteiger partial charge is 0.378 e. The molecule has 2 aliphatic rings. The number of carbonyl (C=O) groups excluding carboxylic acids is 1. The summed E-state index contributed by atoms with van der Waals surface area (Å²) in [5.74, 6) is 1.11. The molecule has 0 spiro atoms. The van der Waals surface area contributed by atoms with Crippen molar-refractivity contribution in [2.45, 2.75) is 19.4 Å². The maximum absolute atomic E-state index is 12.5. The molecule has 1 aromatic heterocycles. The van der Waals surface area contributed by atoms with Crippen molar-refractivity contribution in [3.8, 4) is 0 Å². The predicted octanol–water partition coefficient (Wildman–Crippen LogP) is -0.144. The van der Waals surface area contributed by atoms with Gasteiger partial charge in [0.25, 0.3) is 5.91 Å². The molecule has 126 valence electrons. The van der Waals surface area contributed by atoms with Gasteiger partial charge in [-0.1, -0.05) is 0 Å². The Balaban J connectivity index is 1.75. The average molecular weight is 340 g/mol.